The standard InChI is InChI=1S/C22H24ClN3O3/c1-14(27)24-18-9-8-15-11-20(22(29)25(2)3)26(13-17(15)10-18)21(28)12-16-6-4-5-7-19(16)23/h4-10,20H,11-13H2,1-3H3,(H,24,27)/t20-/m1/s1. The Morgan fingerprint density at radius 1 is 1.14 bits per heavy atom. The fourth-order valence-electron chi connectivity index (χ4n) is 3.55. The number of anilines is 1. The van der Waals surface area contributed by atoms with Crippen LogP contribution in [0.3, 0.4) is 0 Å². The van der Waals surface area contributed by atoms with Crippen molar-refractivity contribution in [2.45, 2.75) is 32.4 Å². The maximum atomic E-state index is 13.2. The average Bonchev–Trinajstić information content (AvgIpc) is 2.67. The molecule has 7 heteroatoms. The van der Waals surface area contributed by atoms with Gasteiger partial charge in [-0.25, -0.2) is 0 Å². The molecular weight excluding hydrogens is 390 g/mol. The summed E-state index contributed by atoms with van der Waals surface area (Å²) in [5.74, 6) is -0.434. The van der Waals surface area contributed by atoms with E-state index < -0.39 is 6.04 Å². The number of fused-ring (bicyclic) bond motifs is 1. The zero-order valence-corrected chi connectivity index (χ0v) is 17.5. The molecule has 0 unspecified atom stereocenters. The minimum Gasteiger partial charge on any atom is -0.347 e. The molecule has 1 N–H and O–H groups in total. The Bertz CT molecular complexity index is 958. The maximum absolute atomic E-state index is 13.2. The number of hydrogen-bond acceptors (Lipinski definition) is 3. The largest absolute Gasteiger partial charge is 0.347 e. The lowest BCUT2D eigenvalue weighted by molar-refractivity contribution is -0.145. The zero-order valence-electron chi connectivity index (χ0n) is 16.7. The van der Waals surface area contributed by atoms with Crippen LogP contribution in [-0.2, 0) is 33.8 Å². The maximum Gasteiger partial charge on any atom is 0.245 e. The predicted molar refractivity (Wildman–Crippen MR) is 113 cm³/mol. The molecule has 0 aromatic heterocycles. The molecule has 0 aliphatic carbocycles. The Morgan fingerprint density at radius 3 is 2.52 bits per heavy atom. The van der Waals surface area contributed by atoms with Gasteiger partial charge in [-0.05, 0) is 34.9 Å². The molecule has 1 aliphatic rings. The van der Waals surface area contributed by atoms with Crippen LogP contribution >= 0.6 is 11.6 Å². The van der Waals surface area contributed by atoms with Crippen molar-refractivity contribution >= 4 is 35.0 Å². The van der Waals surface area contributed by atoms with Crippen LogP contribution < -0.4 is 5.32 Å². The molecule has 0 saturated heterocycles. The molecule has 3 amide bonds. The second-order valence-corrected chi connectivity index (χ2v) is 7.81. The van der Waals surface area contributed by atoms with Gasteiger partial charge in [-0.2, -0.15) is 0 Å². The first kappa shape index (κ1) is 20.9. The van der Waals surface area contributed by atoms with E-state index in [4.69, 9.17) is 11.6 Å². The molecular formula is C22H24ClN3O3. The van der Waals surface area contributed by atoms with Gasteiger partial charge in [-0.1, -0.05) is 35.9 Å². The summed E-state index contributed by atoms with van der Waals surface area (Å²) in [5.41, 5.74) is 3.33. The van der Waals surface area contributed by atoms with E-state index >= 15 is 0 Å². The van der Waals surface area contributed by atoms with Crippen molar-refractivity contribution < 1.29 is 14.4 Å². The first-order valence-corrected chi connectivity index (χ1v) is 9.77. The van der Waals surface area contributed by atoms with Gasteiger partial charge >= 0.3 is 0 Å². The van der Waals surface area contributed by atoms with Gasteiger partial charge in [0.05, 0.1) is 6.42 Å². The SMILES string of the molecule is CC(=O)Nc1ccc2c(c1)CN(C(=O)Cc1ccccc1Cl)[C@@H](C(=O)N(C)C)C2. The van der Waals surface area contributed by atoms with Crippen LogP contribution in [0.4, 0.5) is 5.69 Å². The number of amides is 3. The van der Waals surface area contributed by atoms with Crippen LogP contribution in [0.1, 0.15) is 23.6 Å². The molecule has 1 atom stereocenters. The van der Waals surface area contributed by atoms with E-state index in [1.807, 2.05) is 36.4 Å². The summed E-state index contributed by atoms with van der Waals surface area (Å²) in [6.45, 7) is 1.75. The third-order valence-corrected chi connectivity index (χ3v) is 5.37. The van der Waals surface area contributed by atoms with Gasteiger partial charge in [0, 0.05) is 44.7 Å². The molecule has 0 radical (unpaired) electrons. The monoisotopic (exact) mass is 413 g/mol. The van der Waals surface area contributed by atoms with Crippen molar-refractivity contribution in [3.05, 3.63) is 64.2 Å². The third kappa shape index (κ3) is 4.77. The number of rotatable bonds is 4. The number of carbonyl (C=O) groups is 3. The highest BCUT2D eigenvalue weighted by Crippen LogP contribution is 2.28. The first-order valence-electron chi connectivity index (χ1n) is 9.39. The zero-order chi connectivity index (χ0) is 21.1. The minimum absolute atomic E-state index is 0.117. The lowest BCUT2D eigenvalue weighted by Gasteiger charge is -2.37. The van der Waals surface area contributed by atoms with Gasteiger partial charge in [-0.3, -0.25) is 14.4 Å². The normalized spacial score (nSPS) is 15.4. The molecule has 152 valence electrons. The molecule has 0 spiro atoms. The van der Waals surface area contributed by atoms with E-state index in [1.165, 1.54) is 11.8 Å². The van der Waals surface area contributed by atoms with Gasteiger partial charge in [0.2, 0.25) is 17.7 Å². The second kappa shape index (κ2) is 8.66. The Labute approximate surface area is 175 Å². The van der Waals surface area contributed by atoms with Crippen molar-refractivity contribution in [1.29, 1.82) is 0 Å². The smallest absolute Gasteiger partial charge is 0.245 e. The van der Waals surface area contributed by atoms with Gasteiger partial charge in [0.1, 0.15) is 6.04 Å². The Kier molecular flexibility index (Phi) is 6.23. The van der Waals surface area contributed by atoms with Gasteiger partial charge in [-0.15, -0.1) is 0 Å². The van der Waals surface area contributed by atoms with Crippen molar-refractivity contribution in [1.82, 2.24) is 9.80 Å². The van der Waals surface area contributed by atoms with Gasteiger partial charge in [0.25, 0.3) is 0 Å². The van der Waals surface area contributed by atoms with Crippen LogP contribution in [0.5, 0.6) is 0 Å². The molecule has 2 aromatic carbocycles. The Morgan fingerprint density at radius 2 is 1.86 bits per heavy atom. The van der Waals surface area contributed by atoms with E-state index in [-0.39, 0.29) is 24.1 Å². The van der Waals surface area contributed by atoms with E-state index in [0.29, 0.717) is 23.7 Å². The quantitative estimate of drug-likeness (QED) is 0.837. The lowest BCUT2D eigenvalue weighted by Crippen LogP contribution is -2.52. The molecule has 0 bridgehead atoms. The number of benzene rings is 2. The first-order chi connectivity index (χ1) is 13.8. The fraction of sp³-hybridized carbons (Fsp3) is 0.318. The number of carbonyl (C=O) groups excluding carboxylic acids is 3. The third-order valence-electron chi connectivity index (χ3n) is 5.00. The van der Waals surface area contributed by atoms with E-state index in [0.717, 1.165) is 16.7 Å². The summed E-state index contributed by atoms with van der Waals surface area (Å²) in [7, 11) is 3.38. The fourth-order valence-corrected chi connectivity index (χ4v) is 3.75. The summed E-state index contributed by atoms with van der Waals surface area (Å²) in [4.78, 5) is 40.5. The molecule has 2 aromatic rings. The summed E-state index contributed by atoms with van der Waals surface area (Å²) in [5, 5.41) is 3.29. The van der Waals surface area contributed by atoms with E-state index in [9.17, 15) is 14.4 Å². The predicted octanol–water partition coefficient (Wildman–Crippen LogP) is 2.88. The number of likely N-dealkylation sites (N-methyl/N-ethyl adjacent to an activating group) is 1. The molecule has 0 fully saturated rings. The molecule has 0 saturated carbocycles. The summed E-state index contributed by atoms with van der Waals surface area (Å²) >= 11 is 6.22. The summed E-state index contributed by atoms with van der Waals surface area (Å²) in [6.07, 6.45) is 0.554. The Balaban J connectivity index is 1.91. The lowest BCUT2D eigenvalue weighted by atomic mass is 9.92. The molecule has 3 rings (SSSR count). The molecule has 29 heavy (non-hydrogen) atoms. The average molecular weight is 414 g/mol. The van der Waals surface area contributed by atoms with Crippen molar-refractivity contribution in [2.24, 2.45) is 0 Å². The van der Waals surface area contributed by atoms with Crippen LogP contribution in [0.2, 0.25) is 5.02 Å². The van der Waals surface area contributed by atoms with Crippen molar-refractivity contribution in [3.8, 4) is 0 Å². The minimum atomic E-state index is -0.570. The number of nitrogens with zero attached hydrogens (tertiary/aromatic N) is 2. The molecule has 6 nitrogen and oxygen atoms in total. The molecule has 1 heterocycles. The van der Waals surface area contributed by atoms with Crippen molar-refractivity contribution in [2.75, 3.05) is 19.4 Å². The Hall–Kier alpha value is -2.86. The van der Waals surface area contributed by atoms with Crippen molar-refractivity contribution in [3.63, 3.8) is 0 Å². The summed E-state index contributed by atoms with van der Waals surface area (Å²) < 4.78 is 0. The topological polar surface area (TPSA) is 69.7 Å². The molecule has 1 aliphatic heterocycles. The highest BCUT2D eigenvalue weighted by atomic mass is 35.5. The second-order valence-electron chi connectivity index (χ2n) is 7.41. The number of hydrogen-bond donors (Lipinski definition) is 1. The van der Waals surface area contributed by atoms with Crippen LogP contribution in [0.15, 0.2) is 42.5 Å². The highest BCUT2D eigenvalue weighted by Gasteiger charge is 2.35. The number of halogens is 1. The van der Waals surface area contributed by atoms with Gasteiger partial charge < -0.3 is 15.1 Å². The highest BCUT2D eigenvalue weighted by molar-refractivity contribution is 6.31. The van der Waals surface area contributed by atoms with E-state index in [1.54, 1.807) is 25.1 Å². The van der Waals surface area contributed by atoms with E-state index in [2.05, 4.69) is 5.32 Å². The summed E-state index contributed by atoms with van der Waals surface area (Å²) in [6, 6.07) is 12.2. The van der Waals surface area contributed by atoms with Crippen LogP contribution in [-0.4, -0.2) is 47.7 Å². The van der Waals surface area contributed by atoms with Crippen LogP contribution in [0.25, 0.3) is 0 Å². The van der Waals surface area contributed by atoms with Crippen LogP contribution in [0, 0.1) is 0 Å². The van der Waals surface area contributed by atoms with Gasteiger partial charge in [0.15, 0.2) is 0 Å². The number of nitrogens with one attached hydrogen (secondary N) is 1.